The summed E-state index contributed by atoms with van der Waals surface area (Å²) in [7, 11) is 1.59. The highest BCUT2D eigenvalue weighted by atomic mass is 16.5. The maximum absolute atomic E-state index is 11.6. The van der Waals surface area contributed by atoms with Crippen LogP contribution >= 0.6 is 0 Å². The quantitative estimate of drug-likeness (QED) is 0.802. The SMILES string of the molecule is COCc1cc(=O)n(-c2ccncc2)[nH]1. The minimum atomic E-state index is -0.103. The first-order chi connectivity index (χ1) is 7.31. The summed E-state index contributed by atoms with van der Waals surface area (Å²) in [5, 5.41) is 2.95. The molecule has 0 unspecified atom stereocenters. The van der Waals surface area contributed by atoms with Crippen LogP contribution in [0.3, 0.4) is 0 Å². The van der Waals surface area contributed by atoms with Crippen molar-refractivity contribution in [3.05, 3.63) is 46.6 Å². The minimum Gasteiger partial charge on any atom is -0.378 e. The highest BCUT2D eigenvalue weighted by Gasteiger charge is 2.03. The van der Waals surface area contributed by atoms with Crippen LogP contribution < -0.4 is 5.56 Å². The highest BCUT2D eigenvalue weighted by Crippen LogP contribution is 2.02. The van der Waals surface area contributed by atoms with Gasteiger partial charge in [0.05, 0.1) is 18.0 Å². The summed E-state index contributed by atoms with van der Waals surface area (Å²) in [5.74, 6) is 0. The van der Waals surface area contributed by atoms with Gasteiger partial charge in [-0.05, 0) is 12.1 Å². The molecule has 5 nitrogen and oxygen atoms in total. The Hall–Kier alpha value is -1.88. The molecule has 0 amide bonds. The molecule has 0 fully saturated rings. The molecule has 78 valence electrons. The maximum Gasteiger partial charge on any atom is 0.271 e. The zero-order valence-electron chi connectivity index (χ0n) is 8.30. The zero-order chi connectivity index (χ0) is 10.7. The van der Waals surface area contributed by atoms with E-state index in [0.717, 1.165) is 11.4 Å². The molecule has 0 aliphatic rings. The Morgan fingerprint density at radius 1 is 1.47 bits per heavy atom. The number of H-pyrrole nitrogens is 1. The van der Waals surface area contributed by atoms with Gasteiger partial charge in [0, 0.05) is 25.6 Å². The monoisotopic (exact) mass is 205 g/mol. The van der Waals surface area contributed by atoms with E-state index in [4.69, 9.17) is 4.74 Å². The van der Waals surface area contributed by atoms with Gasteiger partial charge in [-0.2, -0.15) is 0 Å². The van der Waals surface area contributed by atoms with Gasteiger partial charge in [0.1, 0.15) is 0 Å². The van der Waals surface area contributed by atoms with E-state index in [1.807, 2.05) is 0 Å². The van der Waals surface area contributed by atoms with Crippen LogP contribution in [0.4, 0.5) is 0 Å². The third-order valence-corrected chi connectivity index (χ3v) is 1.99. The molecule has 2 rings (SSSR count). The lowest BCUT2D eigenvalue weighted by atomic mass is 10.4. The number of aromatic nitrogens is 3. The molecule has 2 aromatic heterocycles. The van der Waals surface area contributed by atoms with Crippen LogP contribution in [0.25, 0.3) is 5.69 Å². The van der Waals surface area contributed by atoms with E-state index in [9.17, 15) is 4.79 Å². The average Bonchev–Trinajstić information content (AvgIpc) is 2.61. The summed E-state index contributed by atoms with van der Waals surface area (Å²) in [6.45, 7) is 0.396. The Morgan fingerprint density at radius 2 is 2.20 bits per heavy atom. The largest absolute Gasteiger partial charge is 0.378 e. The summed E-state index contributed by atoms with van der Waals surface area (Å²) >= 11 is 0. The van der Waals surface area contributed by atoms with Crippen LogP contribution in [0.5, 0.6) is 0 Å². The molecule has 0 aliphatic carbocycles. The molecule has 0 saturated carbocycles. The maximum atomic E-state index is 11.6. The van der Waals surface area contributed by atoms with E-state index < -0.39 is 0 Å². The Labute approximate surface area is 86.3 Å². The second-order valence-corrected chi connectivity index (χ2v) is 3.09. The lowest BCUT2D eigenvalue weighted by Crippen LogP contribution is -2.13. The summed E-state index contributed by atoms with van der Waals surface area (Å²) in [5.41, 5.74) is 1.41. The van der Waals surface area contributed by atoms with E-state index in [0.29, 0.717) is 6.61 Å². The average molecular weight is 205 g/mol. The fraction of sp³-hybridized carbons (Fsp3) is 0.200. The number of pyridine rings is 1. The van der Waals surface area contributed by atoms with Crippen molar-refractivity contribution < 1.29 is 4.74 Å². The van der Waals surface area contributed by atoms with Gasteiger partial charge in [-0.1, -0.05) is 0 Å². The number of nitrogens with zero attached hydrogens (tertiary/aromatic N) is 2. The molecular weight excluding hydrogens is 194 g/mol. The minimum absolute atomic E-state index is 0.103. The van der Waals surface area contributed by atoms with Gasteiger partial charge in [-0.25, -0.2) is 4.68 Å². The fourth-order valence-electron chi connectivity index (χ4n) is 1.36. The summed E-state index contributed by atoms with van der Waals surface area (Å²) < 4.78 is 6.39. The lowest BCUT2D eigenvalue weighted by Gasteiger charge is -2.00. The van der Waals surface area contributed by atoms with Crippen molar-refractivity contribution in [3.63, 3.8) is 0 Å². The van der Waals surface area contributed by atoms with E-state index >= 15 is 0 Å². The van der Waals surface area contributed by atoms with Crippen molar-refractivity contribution in [1.82, 2.24) is 14.8 Å². The van der Waals surface area contributed by atoms with E-state index in [1.165, 1.54) is 10.7 Å². The third-order valence-electron chi connectivity index (χ3n) is 1.99. The molecule has 2 heterocycles. The van der Waals surface area contributed by atoms with Crippen LogP contribution in [0.15, 0.2) is 35.4 Å². The number of hydrogen-bond donors (Lipinski definition) is 1. The lowest BCUT2D eigenvalue weighted by molar-refractivity contribution is 0.181. The second kappa shape index (κ2) is 4.10. The highest BCUT2D eigenvalue weighted by molar-refractivity contribution is 5.27. The number of rotatable bonds is 3. The first-order valence-corrected chi connectivity index (χ1v) is 4.51. The van der Waals surface area contributed by atoms with Gasteiger partial charge >= 0.3 is 0 Å². The summed E-state index contributed by atoms with van der Waals surface area (Å²) in [6, 6.07) is 5.03. The normalized spacial score (nSPS) is 10.5. The molecule has 5 heteroatoms. The molecule has 0 bridgehead atoms. The number of ether oxygens (including phenoxy) is 1. The molecule has 0 atom stereocenters. The van der Waals surface area contributed by atoms with Crippen LogP contribution in [0, 0.1) is 0 Å². The van der Waals surface area contributed by atoms with Gasteiger partial charge in [0.2, 0.25) is 0 Å². The van der Waals surface area contributed by atoms with Crippen LogP contribution in [0.1, 0.15) is 5.69 Å². The Morgan fingerprint density at radius 3 is 2.87 bits per heavy atom. The number of aromatic amines is 1. The van der Waals surface area contributed by atoms with E-state index in [-0.39, 0.29) is 5.56 Å². The van der Waals surface area contributed by atoms with Crippen molar-refractivity contribution >= 4 is 0 Å². The molecule has 15 heavy (non-hydrogen) atoms. The molecule has 0 aliphatic heterocycles. The fourth-order valence-corrected chi connectivity index (χ4v) is 1.36. The Kier molecular flexibility index (Phi) is 2.64. The predicted octanol–water partition coefficient (Wildman–Crippen LogP) is 0.707. The van der Waals surface area contributed by atoms with Crippen LogP contribution in [-0.4, -0.2) is 21.9 Å². The van der Waals surface area contributed by atoms with Crippen molar-refractivity contribution in [1.29, 1.82) is 0 Å². The summed E-state index contributed by atoms with van der Waals surface area (Å²) in [6.07, 6.45) is 3.28. The van der Waals surface area contributed by atoms with Gasteiger partial charge in [0.15, 0.2) is 0 Å². The molecule has 0 spiro atoms. The topological polar surface area (TPSA) is 59.9 Å². The number of nitrogens with one attached hydrogen (secondary N) is 1. The van der Waals surface area contributed by atoms with Crippen LogP contribution in [0.2, 0.25) is 0 Å². The predicted molar refractivity (Wildman–Crippen MR) is 54.9 cm³/mol. The van der Waals surface area contributed by atoms with Gasteiger partial charge < -0.3 is 4.74 Å². The molecule has 0 aromatic carbocycles. The molecule has 1 N–H and O–H groups in total. The Bertz CT molecular complexity index is 487. The Balaban J connectivity index is 2.41. The van der Waals surface area contributed by atoms with Crippen molar-refractivity contribution in [2.45, 2.75) is 6.61 Å². The van der Waals surface area contributed by atoms with Crippen molar-refractivity contribution in [2.75, 3.05) is 7.11 Å². The van der Waals surface area contributed by atoms with E-state index in [2.05, 4.69) is 10.1 Å². The zero-order valence-corrected chi connectivity index (χ0v) is 8.30. The third kappa shape index (κ3) is 1.97. The summed E-state index contributed by atoms with van der Waals surface area (Å²) in [4.78, 5) is 15.5. The van der Waals surface area contributed by atoms with Gasteiger partial charge in [-0.15, -0.1) is 0 Å². The molecule has 0 saturated heterocycles. The van der Waals surface area contributed by atoms with Crippen molar-refractivity contribution in [3.8, 4) is 5.69 Å². The molecule has 0 radical (unpaired) electrons. The van der Waals surface area contributed by atoms with Crippen LogP contribution in [-0.2, 0) is 11.3 Å². The van der Waals surface area contributed by atoms with Gasteiger partial charge in [-0.3, -0.25) is 14.9 Å². The van der Waals surface area contributed by atoms with Crippen molar-refractivity contribution in [2.24, 2.45) is 0 Å². The smallest absolute Gasteiger partial charge is 0.271 e. The molecular formula is C10H11N3O2. The molecule has 2 aromatic rings. The number of methoxy groups -OCH3 is 1. The van der Waals surface area contributed by atoms with Gasteiger partial charge in [0.25, 0.3) is 5.56 Å². The second-order valence-electron chi connectivity index (χ2n) is 3.09. The first kappa shape index (κ1) is 9.67. The standard InChI is InChI=1S/C10H11N3O2/c1-15-7-8-6-10(14)13(12-8)9-2-4-11-5-3-9/h2-6,12H,7H2,1H3. The van der Waals surface area contributed by atoms with E-state index in [1.54, 1.807) is 31.6 Å². The first-order valence-electron chi connectivity index (χ1n) is 4.51. The number of hydrogen-bond acceptors (Lipinski definition) is 3.